The zero-order valence-corrected chi connectivity index (χ0v) is 14.0. The van der Waals surface area contributed by atoms with Crippen molar-refractivity contribution >= 4 is 29.1 Å². The highest BCUT2D eigenvalue weighted by atomic mass is 35.5. The van der Waals surface area contributed by atoms with Crippen molar-refractivity contribution in [2.75, 3.05) is 13.2 Å². The molecule has 6 heteroatoms. The molecule has 0 aliphatic carbocycles. The summed E-state index contributed by atoms with van der Waals surface area (Å²) in [6.45, 7) is 6.09. The lowest BCUT2D eigenvalue weighted by atomic mass is 9.92. The summed E-state index contributed by atoms with van der Waals surface area (Å²) in [6.07, 6.45) is -0.412. The molecule has 0 unspecified atom stereocenters. The monoisotopic (exact) mass is 333 g/mol. The number of carbonyl (C=O) groups is 1. The van der Waals surface area contributed by atoms with Gasteiger partial charge in [-0.25, -0.2) is 0 Å². The number of aliphatic hydroxyl groups excluding tert-OH is 1. The Morgan fingerprint density at radius 2 is 2.05 bits per heavy atom. The molecule has 0 aliphatic heterocycles. The molecule has 0 saturated heterocycles. The van der Waals surface area contributed by atoms with E-state index in [2.05, 4.69) is 5.32 Å². The van der Waals surface area contributed by atoms with E-state index in [4.69, 9.17) is 27.9 Å². The van der Waals surface area contributed by atoms with E-state index in [9.17, 15) is 9.90 Å². The summed E-state index contributed by atoms with van der Waals surface area (Å²) >= 11 is 11.8. The fraction of sp³-hybridized carbons (Fsp3) is 0.533. The van der Waals surface area contributed by atoms with Gasteiger partial charge < -0.3 is 15.2 Å². The van der Waals surface area contributed by atoms with E-state index in [1.54, 1.807) is 18.2 Å². The highest BCUT2D eigenvalue weighted by Crippen LogP contribution is 2.31. The fourth-order valence-electron chi connectivity index (χ4n) is 1.62. The summed E-state index contributed by atoms with van der Waals surface area (Å²) in [7, 11) is 0. The molecule has 0 aliphatic rings. The van der Waals surface area contributed by atoms with E-state index in [0.717, 1.165) is 0 Å². The number of hydrogen-bond acceptors (Lipinski definition) is 3. The van der Waals surface area contributed by atoms with Crippen LogP contribution in [0.2, 0.25) is 10.0 Å². The minimum atomic E-state index is -0.816. The number of benzene rings is 1. The summed E-state index contributed by atoms with van der Waals surface area (Å²) < 4.78 is 5.39. The third-order valence-electron chi connectivity index (χ3n) is 2.57. The Bertz CT molecular complexity index is 486. The highest BCUT2D eigenvalue weighted by Gasteiger charge is 2.17. The van der Waals surface area contributed by atoms with Crippen molar-refractivity contribution in [2.45, 2.75) is 33.3 Å². The molecular formula is C15H21Cl2NO3. The molecule has 0 aromatic heterocycles. The summed E-state index contributed by atoms with van der Waals surface area (Å²) in [5.74, 6) is 0.312. The zero-order chi connectivity index (χ0) is 16.0. The zero-order valence-electron chi connectivity index (χ0n) is 12.5. The molecule has 0 spiro atoms. The summed E-state index contributed by atoms with van der Waals surface area (Å²) in [4.78, 5) is 11.6. The third kappa shape index (κ3) is 7.02. The Morgan fingerprint density at radius 3 is 2.67 bits per heavy atom. The molecule has 1 atom stereocenters. The van der Waals surface area contributed by atoms with E-state index >= 15 is 0 Å². The van der Waals surface area contributed by atoms with Crippen LogP contribution in [0.25, 0.3) is 0 Å². The first-order valence-corrected chi connectivity index (χ1v) is 7.46. The van der Waals surface area contributed by atoms with Gasteiger partial charge in [0.2, 0.25) is 5.91 Å². The van der Waals surface area contributed by atoms with Gasteiger partial charge in [-0.1, -0.05) is 50.0 Å². The van der Waals surface area contributed by atoms with Crippen LogP contribution in [0.1, 0.15) is 27.2 Å². The van der Waals surface area contributed by atoms with Crippen molar-refractivity contribution in [1.29, 1.82) is 0 Å². The Balaban J connectivity index is 2.36. The third-order valence-corrected chi connectivity index (χ3v) is 3.37. The van der Waals surface area contributed by atoms with Crippen LogP contribution in [0.4, 0.5) is 0 Å². The van der Waals surface area contributed by atoms with E-state index in [0.29, 0.717) is 22.2 Å². The highest BCUT2D eigenvalue weighted by molar-refractivity contribution is 6.42. The summed E-state index contributed by atoms with van der Waals surface area (Å²) in [6, 6.07) is 5.03. The van der Waals surface area contributed by atoms with E-state index < -0.39 is 6.10 Å². The molecule has 1 aromatic rings. The fourth-order valence-corrected chi connectivity index (χ4v) is 1.96. The molecule has 1 amide bonds. The molecule has 2 N–H and O–H groups in total. The van der Waals surface area contributed by atoms with E-state index in [1.807, 2.05) is 20.8 Å². The quantitative estimate of drug-likeness (QED) is 0.839. The lowest BCUT2D eigenvalue weighted by Crippen LogP contribution is -2.36. The van der Waals surface area contributed by atoms with Crippen LogP contribution in [0.5, 0.6) is 5.75 Å². The number of nitrogens with one attached hydrogen (secondary N) is 1. The molecular weight excluding hydrogens is 313 g/mol. The smallest absolute Gasteiger partial charge is 0.220 e. The van der Waals surface area contributed by atoms with Crippen LogP contribution in [-0.2, 0) is 4.79 Å². The average molecular weight is 334 g/mol. The van der Waals surface area contributed by atoms with Gasteiger partial charge in [0.05, 0.1) is 5.02 Å². The van der Waals surface area contributed by atoms with Crippen molar-refractivity contribution in [3.63, 3.8) is 0 Å². The SMILES string of the molecule is CC(C)(C)CC(=O)NC[C@H](O)COc1cccc(Cl)c1Cl. The predicted molar refractivity (Wildman–Crippen MR) is 85.0 cm³/mol. The minimum absolute atomic E-state index is 0.0237. The van der Waals surface area contributed by atoms with Gasteiger partial charge in [0.25, 0.3) is 0 Å². The molecule has 21 heavy (non-hydrogen) atoms. The number of ether oxygens (including phenoxy) is 1. The molecule has 0 radical (unpaired) electrons. The van der Waals surface area contributed by atoms with Crippen molar-refractivity contribution in [1.82, 2.24) is 5.32 Å². The number of hydrogen-bond donors (Lipinski definition) is 2. The standard InChI is InChI=1S/C15H21Cl2NO3/c1-15(2,3)7-13(20)18-8-10(19)9-21-12-6-4-5-11(16)14(12)17/h4-6,10,19H,7-9H2,1-3H3,(H,18,20)/t10-/m0/s1. The van der Waals surface area contributed by atoms with E-state index in [1.165, 1.54) is 0 Å². The van der Waals surface area contributed by atoms with Gasteiger partial charge in [-0.2, -0.15) is 0 Å². The van der Waals surface area contributed by atoms with Crippen LogP contribution in [0, 0.1) is 5.41 Å². The van der Waals surface area contributed by atoms with Crippen molar-refractivity contribution in [3.8, 4) is 5.75 Å². The second-order valence-electron chi connectivity index (χ2n) is 6.06. The maximum absolute atomic E-state index is 11.6. The van der Waals surface area contributed by atoms with Crippen molar-refractivity contribution < 1.29 is 14.6 Å². The predicted octanol–water partition coefficient (Wildman–Crippen LogP) is 3.29. The first-order valence-electron chi connectivity index (χ1n) is 6.70. The Kier molecular flexibility index (Phi) is 6.78. The Morgan fingerprint density at radius 1 is 1.38 bits per heavy atom. The average Bonchev–Trinajstić information content (AvgIpc) is 2.36. The van der Waals surface area contributed by atoms with Gasteiger partial charge >= 0.3 is 0 Å². The van der Waals surface area contributed by atoms with Gasteiger partial charge in [-0.15, -0.1) is 0 Å². The second kappa shape index (κ2) is 7.87. The lowest BCUT2D eigenvalue weighted by Gasteiger charge is -2.19. The van der Waals surface area contributed by atoms with Gasteiger partial charge in [0.15, 0.2) is 0 Å². The normalized spacial score (nSPS) is 12.9. The van der Waals surface area contributed by atoms with Crippen LogP contribution in [0.15, 0.2) is 18.2 Å². The van der Waals surface area contributed by atoms with E-state index in [-0.39, 0.29) is 24.5 Å². The number of rotatable bonds is 6. The summed E-state index contributed by atoms with van der Waals surface area (Å²) in [5, 5.41) is 13.2. The molecule has 0 fully saturated rings. The van der Waals surface area contributed by atoms with Gasteiger partial charge in [-0.05, 0) is 17.5 Å². The van der Waals surface area contributed by atoms with Crippen molar-refractivity contribution in [2.24, 2.45) is 5.41 Å². The number of carbonyl (C=O) groups excluding carboxylic acids is 1. The van der Waals surface area contributed by atoms with Gasteiger partial charge in [-0.3, -0.25) is 4.79 Å². The van der Waals surface area contributed by atoms with Crippen LogP contribution >= 0.6 is 23.2 Å². The maximum Gasteiger partial charge on any atom is 0.220 e. The number of halogens is 2. The van der Waals surface area contributed by atoms with Crippen LogP contribution in [-0.4, -0.2) is 30.3 Å². The van der Waals surface area contributed by atoms with Crippen molar-refractivity contribution in [3.05, 3.63) is 28.2 Å². The largest absolute Gasteiger partial charge is 0.489 e. The maximum atomic E-state index is 11.6. The first kappa shape index (κ1) is 18.1. The molecule has 4 nitrogen and oxygen atoms in total. The Labute approximate surface area is 135 Å². The summed E-state index contributed by atoms with van der Waals surface area (Å²) in [5.41, 5.74) is -0.0835. The Hall–Kier alpha value is -0.970. The second-order valence-corrected chi connectivity index (χ2v) is 6.84. The first-order chi connectivity index (χ1) is 9.69. The topological polar surface area (TPSA) is 58.6 Å². The number of aliphatic hydroxyl groups is 1. The molecule has 118 valence electrons. The lowest BCUT2D eigenvalue weighted by molar-refractivity contribution is -0.123. The molecule has 1 aromatic carbocycles. The molecule has 0 heterocycles. The van der Waals surface area contributed by atoms with Gasteiger partial charge in [0.1, 0.15) is 23.5 Å². The number of amides is 1. The van der Waals surface area contributed by atoms with Crippen LogP contribution in [0.3, 0.4) is 0 Å². The molecule has 0 bridgehead atoms. The van der Waals surface area contributed by atoms with Gasteiger partial charge in [0, 0.05) is 13.0 Å². The molecule has 0 saturated carbocycles. The molecule has 1 rings (SSSR count). The minimum Gasteiger partial charge on any atom is -0.489 e. The van der Waals surface area contributed by atoms with Crippen LogP contribution < -0.4 is 10.1 Å².